The number of aromatic nitrogens is 1. The van der Waals surface area contributed by atoms with Crippen molar-refractivity contribution in [1.82, 2.24) is 4.98 Å². The van der Waals surface area contributed by atoms with Crippen LogP contribution in [0.4, 0.5) is 0 Å². The van der Waals surface area contributed by atoms with Crippen molar-refractivity contribution in [3.63, 3.8) is 0 Å². The third-order valence-electron chi connectivity index (χ3n) is 2.84. The van der Waals surface area contributed by atoms with Gasteiger partial charge in [0.15, 0.2) is 0 Å². The molecule has 1 amide bonds. The second kappa shape index (κ2) is 6.20. The summed E-state index contributed by atoms with van der Waals surface area (Å²) in [5, 5.41) is 10.5. The molecule has 0 unspecified atom stereocenters. The van der Waals surface area contributed by atoms with Crippen LogP contribution in [0, 0.1) is 5.53 Å². The first-order chi connectivity index (χ1) is 10.2. The topological polar surface area (TPSA) is 167 Å². The van der Waals surface area contributed by atoms with Gasteiger partial charge in [0.05, 0.1) is 13.1 Å². The molecule has 0 aliphatic carbocycles. The van der Waals surface area contributed by atoms with E-state index in [0.29, 0.717) is 22.0 Å². The first kappa shape index (κ1) is 14.1. The van der Waals surface area contributed by atoms with Gasteiger partial charge in [0.2, 0.25) is 0 Å². The second-order valence-electron chi connectivity index (χ2n) is 4.09. The Bertz CT molecular complexity index is 808. The van der Waals surface area contributed by atoms with Gasteiger partial charge in [0, 0.05) is 20.7 Å². The van der Waals surface area contributed by atoms with Gasteiger partial charge in [-0.1, -0.05) is 16.3 Å². The van der Waals surface area contributed by atoms with Crippen LogP contribution in [-0.2, 0) is 13.1 Å². The number of benzene rings is 1. The lowest BCUT2D eigenvalue weighted by Crippen LogP contribution is -1.92. The normalized spacial score (nSPS) is 9.71. The Kier molecular flexibility index (Phi) is 4.15. The number of H-pyrrole nitrogens is 1. The van der Waals surface area contributed by atoms with Crippen LogP contribution in [0.15, 0.2) is 33.5 Å². The Labute approximate surface area is 117 Å². The van der Waals surface area contributed by atoms with Gasteiger partial charge in [-0.05, 0) is 34.3 Å². The zero-order valence-corrected chi connectivity index (χ0v) is 10.7. The Morgan fingerprint density at radius 2 is 1.90 bits per heavy atom. The van der Waals surface area contributed by atoms with E-state index < -0.39 is 5.91 Å². The number of fused-ring (bicyclic) bond motifs is 1. The predicted octanol–water partition coefficient (Wildman–Crippen LogP) is 3.96. The summed E-state index contributed by atoms with van der Waals surface area (Å²) in [6, 6.07) is 5.02. The minimum absolute atomic E-state index is 0.0978. The van der Waals surface area contributed by atoms with Crippen molar-refractivity contribution >= 4 is 16.8 Å². The lowest BCUT2D eigenvalue weighted by atomic mass is 10.1. The molecule has 0 aliphatic heterocycles. The van der Waals surface area contributed by atoms with E-state index in [1.165, 1.54) is 0 Å². The molecule has 2 rings (SSSR count). The van der Waals surface area contributed by atoms with Crippen LogP contribution in [0.3, 0.4) is 0 Å². The van der Waals surface area contributed by atoms with Crippen LogP contribution in [-0.4, -0.2) is 10.9 Å². The molecule has 0 saturated heterocycles. The molecule has 2 aromatic rings. The average Bonchev–Trinajstić information content (AvgIpc) is 2.93. The third-order valence-corrected chi connectivity index (χ3v) is 2.84. The maximum atomic E-state index is 11.4. The summed E-state index contributed by atoms with van der Waals surface area (Å²) in [4.78, 5) is 19.7. The molecule has 0 spiro atoms. The highest BCUT2D eigenvalue weighted by molar-refractivity contribution is 5.99. The van der Waals surface area contributed by atoms with Crippen LogP contribution < -0.4 is 0 Å². The Morgan fingerprint density at radius 3 is 2.57 bits per heavy atom. The number of azide groups is 2. The number of rotatable bonds is 5. The minimum atomic E-state index is -0.697. The number of carbonyl (C=O) groups excluding carboxylic acids is 1. The van der Waals surface area contributed by atoms with Gasteiger partial charge in [-0.25, -0.2) is 5.53 Å². The van der Waals surface area contributed by atoms with Crippen LogP contribution in [0.5, 0.6) is 0 Å². The maximum Gasteiger partial charge on any atom is 0.311 e. The summed E-state index contributed by atoms with van der Waals surface area (Å²) in [5.41, 5.74) is 25.7. The van der Waals surface area contributed by atoms with Gasteiger partial charge in [-0.3, -0.25) is 4.79 Å². The van der Waals surface area contributed by atoms with Gasteiger partial charge >= 0.3 is 5.91 Å². The molecular formula is C11H9N9O. The van der Waals surface area contributed by atoms with Gasteiger partial charge in [0.1, 0.15) is 5.69 Å². The zero-order valence-electron chi connectivity index (χ0n) is 10.7. The predicted molar refractivity (Wildman–Crippen MR) is 73.5 cm³/mol. The largest absolute Gasteiger partial charge is 0.350 e. The molecule has 104 valence electrons. The molecule has 0 aliphatic rings. The quantitative estimate of drug-likeness (QED) is 0.473. The summed E-state index contributed by atoms with van der Waals surface area (Å²) < 4.78 is 0. The van der Waals surface area contributed by atoms with Crippen LogP contribution >= 0.6 is 0 Å². The molecule has 0 fully saturated rings. The van der Waals surface area contributed by atoms with E-state index in [-0.39, 0.29) is 18.8 Å². The lowest BCUT2D eigenvalue weighted by molar-refractivity contribution is 0.0987. The van der Waals surface area contributed by atoms with Crippen LogP contribution in [0.1, 0.15) is 21.6 Å². The second-order valence-corrected chi connectivity index (χ2v) is 4.09. The van der Waals surface area contributed by atoms with E-state index in [0.717, 1.165) is 0 Å². The van der Waals surface area contributed by atoms with Crippen molar-refractivity contribution < 1.29 is 4.79 Å². The zero-order chi connectivity index (χ0) is 15.2. The number of aromatic amines is 1. The molecule has 10 nitrogen and oxygen atoms in total. The Hall–Kier alpha value is -3.35. The molecule has 1 aromatic heterocycles. The summed E-state index contributed by atoms with van der Waals surface area (Å²) in [7, 11) is 0. The molecule has 0 radical (unpaired) electrons. The summed E-state index contributed by atoms with van der Waals surface area (Å²) in [6.07, 6.45) is 0. The highest BCUT2D eigenvalue weighted by Crippen LogP contribution is 2.24. The molecule has 0 saturated carbocycles. The Balaban J connectivity index is 2.60. The Morgan fingerprint density at radius 1 is 1.19 bits per heavy atom. The fourth-order valence-electron chi connectivity index (χ4n) is 2.00. The molecule has 1 aromatic carbocycles. The minimum Gasteiger partial charge on any atom is -0.350 e. The summed E-state index contributed by atoms with van der Waals surface area (Å²) in [6.45, 7) is 0.238. The molecule has 1 heterocycles. The van der Waals surface area contributed by atoms with Crippen molar-refractivity contribution in [2.24, 2.45) is 15.3 Å². The van der Waals surface area contributed by atoms with E-state index in [2.05, 4.69) is 30.2 Å². The molecule has 0 bridgehead atoms. The molecule has 10 heteroatoms. The molecule has 0 atom stereocenters. The van der Waals surface area contributed by atoms with Crippen molar-refractivity contribution in [2.45, 2.75) is 13.1 Å². The molecule has 21 heavy (non-hydrogen) atoms. The third kappa shape index (κ3) is 2.98. The van der Waals surface area contributed by atoms with Gasteiger partial charge in [0.25, 0.3) is 0 Å². The van der Waals surface area contributed by atoms with Gasteiger partial charge in [-0.2, -0.15) is 0 Å². The molecular weight excluding hydrogens is 274 g/mol. The smallest absolute Gasteiger partial charge is 0.311 e. The van der Waals surface area contributed by atoms with Crippen molar-refractivity contribution in [3.05, 3.63) is 55.9 Å². The van der Waals surface area contributed by atoms with Crippen LogP contribution in [0.25, 0.3) is 31.8 Å². The van der Waals surface area contributed by atoms with E-state index in [1.807, 2.05) is 0 Å². The van der Waals surface area contributed by atoms with Crippen molar-refractivity contribution in [1.29, 1.82) is 5.53 Å². The number of nitrogens with one attached hydrogen (secondary N) is 2. The highest BCUT2D eigenvalue weighted by atomic mass is 16.1. The highest BCUT2D eigenvalue weighted by Gasteiger charge is 2.12. The lowest BCUT2D eigenvalue weighted by Gasteiger charge is -2.03. The average molecular weight is 283 g/mol. The number of amides is 1. The fourth-order valence-corrected chi connectivity index (χ4v) is 2.00. The summed E-state index contributed by atoms with van der Waals surface area (Å²) >= 11 is 0. The van der Waals surface area contributed by atoms with E-state index in [4.69, 9.17) is 16.6 Å². The SMILES string of the molecule is [N-]=[N+]=NCc1cc(CN=[N+]=[N-])c2cc(C(=O)N=N)[nH]c2c1. The number of hydrogen-bond acceptors (Lipinski definition) is 4. The summed E-state index contributed by atoms with van der Waals surface area (Å²) in [5.74, 6) is -0.697. The maximum absolute atomic E-state index is 11.4. The standard InChI is InChI=1S/C11H9N9O/c12-18-11(21)10-3-8-7(5-16-20-14)1-6(4-15-19-13)2-9(8)17-10/h1-3,12,17H,4-5H2. The van der Waals surface area contributed by atoms with Crippen molar-refractivity contribution in [2.75, 3.05) is 0 Å². The fraction of sp³-hybridized carbons (Fsp3) is 0.182. The van der Waals surface area contributed by atoms with Crippen molar-refractivity contribution in [3.8, 4) is 0 Å². The number of carbonyl (C=O) groups is 1. The molecule has 2 N–H and O–H groups in total. The van der Waals surface area contributed by atoms with E-state index in [9.17, 15) is 4.79 Å². The van der Waals surface area contributed by atoms with E-state index in [1.54, 1.807) is 18.2 Å². The number of nitrogens with zero attached hydrogens (tertiary/aromatic N) is 7. The van der Waals surface area contributed by atoms with Crippen LogP contribution in [0.2, 0.25) is 0 Å². The first-order valence-corrected chi connectivity index (χ1v) is 5.77. The monoisotopic (exact) mass is 283 g/mol. The van der Waals surface area contributed by atoms with E-state index >= 15 is 0 Å². The van der Waals surface area contributed by atoms with Gasteiger partial charge < -0.3 is 4.98 Å². The number of hydrogen-bond donors (Lipinski definition) is 2. The first-order valence-electron chi connectivity index (χ1n) is 5.77. The van der Waals surface area contributed by atoms with Gasteiger partial charge in [-0.15, -0.1) is 5.11 Å².